The smallest absolute Gasteiger partial charge is 0.186 e. The number of fused-ring (bicyclic) bond motifs is 8. The van der Waals surface area contributed by atoms with Crippen LogP contribution in [0.15, 0.2) is 0 Å². The lowest BCUT2D eigenvalue weighted by Gasteiger charge is -2.59. The van der Waals surface area contributed by atoms with Gasteiger partial charge in [-0.1, -0.05) is 13.8 Å². The molecule has 9 heteroatoms. The Kier molecular flexibility index (Phi) is 7.66. The molecular weight excluding hydrogens is 538 g/mol. The highest BCUT2D eigenvalue weighted by Crippen LogP contribution is 2.66. The van der Waals surface area contributed by atoms with E-state index in [1.54, 1.807) is 0 Å². The molecule has 3 saturated heterocycles. The Balaban J connectivity index is 1.07. The van der Waals surface area contributed by atoms with Gasteiger partial charge in [-0.3, -0.25) is 9.69 Å². The van der Waals surface area contributed by atoms with Gasteiger partial charge in [0.1, 0.15) is 30.2 Å². The standard InChI is InChI=1S/C33H53NO8/c1-16-4-7-27-33(3,40)22-6-5-18-19(21(22)14-34(27)13-16)11-23-20(18)12-25(36)24-10-17(8-9-32(23,24)2)41-31-30(39)29(38)28(37)26(15-35)42-31/h16-24,26-31,35,37-40H,4-15H2,1-3H3/t16-,17-,18+,19+,20-,21-,22-,23-,24+,26+,27-,28+,29-,30+,31+,32+,33-/m1/s1. The Morgan fingerprint density at radius 1 is 0.905 bits per heavy atom. The van der Waals surface area contributed by atoms with Gasteiger partial charge in [0.2, 0.25) is 0 Å². The van der Waals surface area contributed by atoms with E-state index in [4.69, 9.17) is 9.47 Å². The van der Waals surface area contributed by atoms with Crippen LogP contribution >= 0.6 is 0 Å². The number of ether oxygens (including phenoxy) is 2. The van der Waals surface area contributed by atoms with E-state index < -0.39 is 42.9 Å². The van der Waals surface area contributed by atoms with Crippen LogP contribution in [-0.2, 0) is 14.3 Å². The molecule has 7 rings (SSSR count). The van der Waals surface area contributed by atoms with Gasteiger partial charge in [-0.15, -0.1) is 0 Å². The molecule has 0 bridgehead atoms. The summed E-state index contributed by atoms with van der Waals surface area (Å²) in [7, 11) is 0. The van der Waals surface area contributed by atoms with E-state index in [0.29, 0.717) is 60.1 Å². The van der Waals surface area contributed by atoms with Gasteiger partial charge >= 0.3 is 0 Å². The number of ketones is 1. The number of piperidine rings is 2. The summed E-state index contributed by atoms with van der Waals surface area (Å²) in [5, 5.41) is 52.4. The minimum atomic E-state index is -1.47. The lowest BCUT2D eigenvalue weighted by Crippen LogP contribution is -2.67. The normalized spacial score (nSPS) is 57.9. The predicted octanol–water partition coefficient (Wildman–Crippen LogP) is 1.71. The van der Waals surface area contributed by atoms with Crippen LogP contribution < -0.4 is 0 Å². The highest BCUT2D eigenvalue weighted by atomic mass is 16.7. The van der Waals surface area contributed by atoms with Crippen LogP contribution in [-0.4, -0.2) is 104 Å². The summed E-state index contributed by atoms with van der Waals surface area (Å²) in [5.74, 6) is 3.79. The molecule has 0 aromatic heterocycles. The van der Waals surface area contributed by atoms with E-state index in [0.717, 1.165) is 51.6 Å². The molecular formula is C33H53NO8. The van der Waals surface area contributed by atoms with Gasteiger partial charge in [0.15, 0.2) is 6.29 Å². The summed E-state index contributed by atoms with van der Waals surface area (Å²) in [4.78, 5) is 16.5. The SMILES string of the molecule is C[C@@H]1CC[C@H]2N(C1)C[C@@H]1[C@H]3C[C@@H]4[C@H](CC(=O)[C@@H]5C[C@H](O[C@H]6O[C@@H](CO)[C@H](O)[C@@H](O)[C@@H]6O)CC[C@@]45C)[C@H]3CC[C@H]1[C@@]2(C)O. The second-order valence-corrected chi connectivity index (χ2v) is 16.0. The molecule has 0 aromatic rings. The Hall–Kier alpha value is -0.650. The van der Waals surface area contributed by atoms with Crippen molar-refractivity contribution in [1.29, 1.82) is 0 Å². The van der Waals surface area contributed by atoms with Crippen LogP contribution in [0.3, 0.4) is 0 Å². The number of nitrogens with zero attached hydrogens (tertiary/aromatic N) is 1. The van der Waals surface area contributed by atoms with Crippen molar-refractivity contribution < 1.29 is 39.8 Å². The van der Waals surface area contributed by atoms with Crippen molar-refractivity contribution in [2.24, 2.45) is 52.8 Å². The maximum Gasteiger partial charge on any atom is 0.186 e. The van der Waals surface area contributed by atoms with E-state index >= 15 is 0 Å². The third-order valence-corrected chi connectivity index (χ3v) is 14.0. The molecule has 9 nitrogen and oxygen atoms in total. The van der Waals surface area contributed by atoms with Crippen molar-refractivity contribution in [2.75, 3.05) is 19.7 Å². The highest BCUT2D eigenvalue weighted by molar-refractivity contribution is 5.83. The Morgan fingerprint density at radius 3 is 2.45 bits per heavy atom. The molecule has 4 aliphatic carbocycles. The van der Waals surface area contributed by atoms with Crippen LogP contribution in [0.1, 0.15) is 78.6 Å². The van der Waals surface area contributed by atoms with Crippen molar-refractivity contribution in [1.82, 2.24) is 4.90 Å². The molecule has 0 unspecified atom stereocenters. The number of aliphatic hydroxyl groups is 5. The second-order valence-electron chi connectivity index (χ2n) is 16.0. The molecule has 238 valence electrons. The molecule has 3 heterocycles. The van der Waals surface area contributed by atoms with Gasteiger partial charge in [0.05, 0.1) is 18.3 Å². The molecule has 0 amide bonds. The van der Waals surface area contributed by atoms with Crippen molar-refractivity contribution in [3.05, 3.63) is 0 Å². The lowest BCUT2D eigenvalue weighted by atomic mass is 9.51. The Morgan fingerprint density at radius 2 is 1.69 bits per heavy atom. The molecule has 7 fully saturated rings. The van der Waals surface area contributed by atoms with Gasteiger partial charge in [0.25, 0.3) is 0 Å². The average molecular weight is 592 g/mol. The van der Waals surface area contributed by atoms with E-state index in [9.17, 15) is 30.3 Å². The molecule has 4 saturated carbocycles. The zero-order valence-electron chi connectivity index (χ0n) is 25.6. The fourth-order valence-electron chi connectivity index (χ4n) is 11.8. The lowest BCUT2D eigenvalue weighted by molar-refractivity contribution is -0.315. The fraction of sp³-hybridized carbons (Fsp3) is 0.970. The van der Waals surface area contributed by atoms with Crippen LogP contribution in [0.4, 0.5) is 0 Å². The van der Waals surface area contributed by atoms with Crippen molar-refractivity contribution in [3.63, 3.8) is 0 Å². The number of rotatable bonds is 3. The van der Waals surface area contributed by atoms with Crippen molar-refractivity contribution >= 4 is 5.78 Å². The minimum Gasteiger partial charge on any atom is -0.394 e. The number of Topliss-reactive ketones (excluding diaryl/α,β-unsaturated/α-hetero) is 1. The summed E-state index contributed by atoms with van der Waals surface area (Å²) in [5.41, 5.74) is -0.745. The number of carbonyl (C=O) groups is 1. The average Bonchev–Trinajstić information content (AvgIpc) is 3.33. The first-order valence-corrected chi connectivity index (χ1v) is 16.9. The highest BCUT2D eigenvalue weighted by Gasteiger charge is 2.64. The van der Waals surface area contributed by atoms with Crippen LogP contribution in [0.2, 0.25) is 0 Å². The first-order chi connectivity index (χ1) is 19.9. The zero-order valence-corrected chi connectivity index (χ0v) is 25.6. The largest absolute Gasteiger partial charge is 0.394 e. The van der Waals surface area contributed by atoms with E-state index in [2.05, 4.69) is 25.7 Å². The zero-order chi connectivity index (χ0) is 29.7. The van der Waals surface area contributed by atoms with Gasteiger partial charge < -0.3 is 35.0 Å². The molecule has 5 N–H and O–H groups in total. The first-order valence-electron chi connectivity index (χ1n) is 16.9. The first kappa shape index (κ1) is 30.0. The summed E-state index contributed by atoms with van der Waals surface area (Å²) in [6.07, 6.45) is 1.67. The Labute approximate surface area is 249 Å². The number of hydrogen-bond acceptors (Lipinski definition) is 9. The van der Waals surface area contributed by atoms with Crippen LogP contribution in [0.5, 0.6) is 0 Å². The van der Waals surface area contributed by atoms with Crippen LogP contribution in [0.25, 0.3) is 0 Å². The molecule has 7 aliphatic rings. The van der Waals surface area contributed by atoms with Crippen molar-refractivity contribution in [3.8, 4) is 0 Å². The third kappa shape index (κ3) is 4.50. The third-order valence-electron chi connectivity index (χ3n) is 14.0. The molecule has 17 atom stereocenters. The number of carbonyl (C=O) groups excluding carboxylic acids is 1. The predicted molar refractivity (Wildman–Crippen MR) is 153 cm³/mol. The summed E-state index contributed by atoms with van der Waals surface area (Å²) in [6.45, 7) is 8.49. The maximum absolute atomic E-state index is 13.9. The quantitative estimate of drug-likeness (QED) is 0.310. The summed E-state index contributed by atoms with van der Waals surface area (Å²) >= 11 is 0. The minimum absolute atomic E-state index is 0.0958. The molecule has 3 aliphatic heterocycles. The van der Waals surface area contributed by atoms with Gasteiger partial charge in [-0.2, -0.15) is 0 Å². The summed E-state index contributed by atoms with van der Waals surface area (Å²) < 4.78 is 11.8. The van der Waals surface area contributed by atoms with Gasteiger partial charge in [0, 0.05) is 31.5 Å². The Bertz CT molecular complexity index is 1040. The summed E-state index contributed by atoms with van der Waals surface area (Å²) in [6, 6.07) is 0.276. The molecule has 0 aromatic carbocycles. The van der Waals surface area contributed by atoms with Crippen LogP contribution in [0, 0.1) is 52.8 Å². The topological polar surface area (TPSA) is 140 Å². The molecule has 0 spiro atoms. The molecule has 42 heavy (non-hydrogen) atoms. The van der Waals surface area contributed by atoms with Crippen molar-refractivity contribution in [2.45, 2.75) is 127 Å². The number of aliphatic hydroxyl groups excluding tert-OH is 4. The maximum atomic E-state index is 13.9. The molecule has 0 radical (unpaired) electrons. The van der Waals surface area contributed by atoms with E-state index in [1.165, 1.54) is 6.42 Å². The fourth-order valence-corrected chi connectivity index (χ4v) is 11.8. The monoisotopic (exact) mass is 591 g/mol. The van der Waals surface area contributed by atoms with E-state index in [1.807, 2.05) is 0 Å². The number of hydrogen-bond donors (Lipinski definition) is 5. The van der Waals surface area contributed by atoms with E-state index in [-0.39, 0.29) is 23.5 Å². The van der Waals surface area contributed by atoms with Gasteiger partial charge in [-0.05, 0) is 105 Å². The second kappa shape index (κ2) is 10.7. The van der Waals surface area contributed by atoms with Gasteiger partial charge in [-0.25, -0.2) is 0 Å².